The lowest BCUT2D eigenvalue weighted by atomic mass is 10.3. The lowest BCUT2D eigenvalue weighted by Gasteiger charge is -2.24. The van der Waals surface area contributed by atoms with Gasteiger partial charge in [0.05, 0.1) is 5.69 Å². The Balaban J connectivity index is 3.16. The molecule has 5 nitrogen and oxygen atoms in total. The maximum absolute atomic E-state index is 12.3. The van der Waals surface area contributed by atoms with Gasteiger partial charge in [-0.3, -0.25) is 4.98 Å². The average Bonchev–Trinajstić information content (AvgIpc) is 2.29. The summed E-state index contributed by atoms with van der Waals surface area (Å²) in [7, 11) is -3.51. The fourth-order valence-electron chi connectivity index (χ4n) is 1.63. The highest BCUT2D eigenvalue weighted by Crippen LogP contribution is 2.17. The summed E-state index contributed by atoms with van der Waals surface area (Å²) in [6, 6.07) is 2.89. The van der Waals surface area contributed by atoms with E-state index in [-0.39, 0.29) is 15.9 Å². The van der Waals surface area contributed by atoms with E-state index >= 15 is 0 Å². The zero-order valence-corrected chi connectivity index (χ0v) is 12.3. The van der Waals surface area contributed by atoms with E-state index in [0.29, 0.717) is 12.2 Å². The second-order valence-electron chi connectivity index (χ2n) is 4.05. The van der Waals surface area contributed by atoms with Gasteiger partial charge in [-0.2, -0.15) is 4.31 Å². The zero-order valence-electron chi connectivity index (χ0n) is 10.6. The largest absolute Gasteiger partial charge is 0.388 e. The highest BCUT2D eigenvalue weighted by molar-refractivity contribution is 7.89. The standard InChI is InChI=1S/C11H17N3O2S2/c1-4-14(8(2)3)18(15,16)9-5-6-10(11(12)17)13-7-9/h5-8H,4H2,1-3H3,(H2,12,17). The third kappa shape index (κ3) is 3.04. The van der Waals surface area contributed by atoms with Crippen molar-refractivity contribution in [1.82, 2.24) is 9.29 Å². The summed E-state index contributed by atoms with van der Waals surface area (Å²) >= 11 is 4.77. The number of nitrogens with zero attached hydrogens (tertiary/aromatic N) is 2. The van der Waals surface area contributed by atoms with Crippen LogP contribution in [-0.2, 0) is 10.0 Å². The van der Waals surface area contributed by atoms with Crippen molar-refractivity contribution in [3.05, 3.63) is 24.0 Å². The number of pyridine rings is 1. The minimum absolute atomic E-state index is 0.102. The molecule has 100 valence electrons. The van der Waals surface area contributed by atoms with Gasteiger partial charge in [0.2, 0.25) is 10.0 Å². The summed E-state index contributed by atoms with van der Waals surface area (Å²) in [6.07, 6.45) is 1.29. The molecule has 0 saturated heterocycles. The van der Waals surface area contributed by atoms with Crippen molar-refractivity contribution in [2.75, 3.05) is 6.54 Å². The Morgan fingerprint density at radius 1 is 1.50 bits per heavy atom. The van der Waals surface area contributed by atoms with Crippen LogP contribution in [0.15, 0.2) is 23.2 Å². The number of thiocarbonyl (C=S) groups is 1. The van der Waals surface area contributed by atoms with Crippen LogP contribution < -0.4 is 5.73 Å². The summed E-state index contributed by atoms with van der Waals surface area (Å²) in [5, 5.41) is 0. The lowest BCUT2D eigenvalue weighted by molar-refractivity contribution is 0.369. The maximum atomic E-state index is 12.3. The fraction of sp³-hybridized carbons (Fsp3) is 0.455. The molecule has 0 atom stereocenters. The summed E-state index contributed by atoms with van der Waals surface area (Å²) in [6.45, 7) is 5.88. The van der Waals surface area contributed by atoms with E-state index in [1.807, 2.05) is 13.8 Å². The summed E-state index contributed by atoms with van der Waals surface area (Å²) in [5.74, 6) is 0. The van der Waals surface area contributed by atoms with Crippen LogP contribution in [0.4, 0.5) is 0 Å². The van der Waals surface area contributed by atoms with E-state index < -0.39 is 10.0 Å². The third-order valence-corrected chi connectivity index (χ3v) is 4.83. The van der Waals surface area contributed by atoms with E-state index in [9.17, 15) is 8.42 Å². The van der Waals surface area contributed by atoms with Crippen molar-refractivity contribution in [2.45, 2.75) is 31.7 Å². The van der Waals surface area contributed by atoms with Crippen LogP contribution in [-0.4, -0.2) is 35.3 Å². The predicted molar refractivity (Wildman–Crippen MR) is 74.8 cm³/mol. The summed E-state index contributed by atoms with van der Waals surface area (Å²) in [4.78, 5) is 4.25. The highest BCUT2D eigenvalue weighted by atomic mass is 32.2. The van der Waals surface area contributed by atoms with Gasteiger partial charge < -0.3 is 5.73 Å². The van der Waals surface area contributed by atoms with Crippen LogP contribution >= 0.6 is 12.2 Å². The number of hydrogen-bond acceptors (Lipinski definition) is 4. The van der Waals surface area contributed by atoms with Gasteiger partial charge in [0.15, 0.2) is 0 Å². The molecule has 0 fully saturated rings. The van der Waals surface area contributed by atoms with Gasteiger partial charge in [0.25, 0.3) is 0 Å². The summed E-state index contributed by atoms with van der Waals surface area (Å²) < 4.78 is 26.0. The molecule has 1 aromatic rings. The SMILES string of the molecule is CCN(C(C)C)S(=O)(=O)c1ccc(C(N)=S)nc1. The van der Waals surface area contributed by atoms with Crippen molar-refractivity contribution in [3.8, 4) is 0 Å². The number of hydrogen-bond donors (Lipinski definition) is 1. The molecule has 7 heteroatoms. The number of rotatable bonds is 5. The molecule has 0 unspecified atom stereocenters. The number of aromatic nitrogens is 1. The van der Waals surface area contributed by atoms with E-state index in [1.165, 1.54) is 22.6 Å². The zero-order chi connectivity index (χ0) is 13.9. The number of nitrogens with two attached hydrogens (primary N) is 1. The van der Waals surface area contributed by atoms with Crippen molar-refractivity contribution in [2.24, 2.45) is 5.73 Å². The van der Waals surface area contributed by atoms with E-state index in [2.05, 4.69) is 4.98 Å². The topological polar surface area (TPSA) is 76.3 Å². The van der Waals surface area contributed by atoms with Gasteiger partial charge in [-0.15, -0.1) is 0 Å². The van der Waals surface area contributed by atoms with Gasteiger partial charge in [0, 0.05) is 18.8 Å². The molecule has 0 aromatic carbocycles. The Labute approximate surface area is 113 Å². The second kappa shape index (κ2) is 5.73. The molecule has 18 heavy (non-hydrogen) atoms. The quantitative estimate of drug-likeness (QED) is 0.822. The van der Waals surface area contributed by atoms with Gasteiger partial charge in [-0.1, -0.05) is 19.1 Å². The average molecular weight is 287 g/mol. The normalized spacial score (nSPS) is 12.1. The van der Waals surface area contributed by atoms with Gasteiger partial charge in [-0.05, 0) is 26.0 Å². The Morgan fingerprint density at radius 3 is 2.44 bits per heavy atom. The van der Waals surface area contributed by atoms with Crippen LogP contribution in [0, 0.1) is 0 Å². The smallest absolute Gasteiger partial charge is 0.244 e. The maximum Gasteiger partial charge on any atom is 0.244 e. The van der Waals surface area contributed by atoms with E-state index in [1.54, 1.807) is 6.92 Å². The molecule has 0 aliphatic carbocycles. The molecular formula is C11H17N3O2S2. The molecule has 0 spiro atoms. The highest BCUT2D eigenvalue weighted by Gasteiger charge is 2.25. The molecule has 0 bridgehead atoms. The monoisotopic (exact) mass is 287 g/mol. The first-order valence-corrected chi connectivity index (χ1v) is 7.43. The van der Waals surface area contributed by atoms with Crippen LogP contribution in [0.1, 0.15) is 26.5 Å². The molecule has 2 N–H and O–H groups in total. The first kappa shape index (κ1) is 15.0. The van der Waals surface area contributed by atoms with Crippen LogP contribution in [0.3, 0.4) is 0 Å². The van der Waals surface area contributed by atoms with Crippen molar-refractivity contribution < 1.29 is 8.42 Å². The molecule has 0 amide bonds. The van der Waals surface area contributed by atoms with E-state index in [4.69, 9.17) is 18.0 Å². The Kier molecular flexibility index (Phi) is 4.78. The Bertz CT molecular complexity index is 524. The molecule has 0 aliphatic rings. The molecule has 0 aliphatic heterocycles. The lowest BCUT2D eigenvalue weighted by Crippen LogP contribution is -2.36. The molecule has 0 saturated carbocycles. The second-order valence-corrected chi connectivity index (χ2v) is 6.38. The molecule has 1 aromatic heterocycles. The van der Waals surface area contributed by atoms with Crippen molar-refractivity contribution in [3.63, 3.8) is 0 Å². The molecule has 0 radical (unpaired) electrons. The number of sulfonamides is 1. The minimum Gasteiger partial charge on any atom is -0.388 e. The predicted octanol–water partition coefficient (Wildman–Crippen LogP) is 1.13. The Hall–Kier alpha value is -1.05. The van der Waals surface area contributed by atoms with Crippen molar-refractivity contribution >= 4 is 27.2 Å². The van der Waals surface area contributed by atoms with E-state index in [0.717, 1.165) is 0 Å². The third-order valence-electron chi connectivity index (χ3n) is 2.48. The van der Waals surface area contributed by atoms with Crippen molar-refractivity contribution in [1.29, 1.82) is 0 Å². The first-order valence-electron chi connectivity index (χ1n) is 5.58. The molecule has 1 rings (SSSR count). The minimum atomic E-state index is -3.51. The molecular weight excluding hydrogens is 270 g/mol. The van der Waals surface area contributed by atoms with Crippen LogP contribution in [0.25, 0.3) is 0 Å². The van der Waals surface area contributed by atoms with Gasteiger partial charge >= 0.3 is 0 Å². The van der Waals surface area contributed by atoms with Crippen LogP contribution in [0.2, 0.25) is 0 Å². The summed E-state index contributed by atoms with van der Waals surface area (Å²) in [5.41, 5.74) is 5.83. The Morgan fingerprint density at radius 2 is 2.11 bits per heavy atom. The molecule has 1 heterocycles. The van der Waals surface area contributed by atoms with Crippen LogP contribution in [0.5, 0.6) is 0 Å². The van der Waals surface area contributed by atoms with Gasteiger partial charge in [-0.25, -0.2) is 8.42 Å². The first-order chi connectivity index (χ1) is 8.30. The fourth-order valence-corrected chi connectivity index (χ4v) is 3.34. The van der Waals surface area contributed by atoms with Gasteiger partial charge in [0.1, 0.15) is 9.88 Å².